The van der Waals surface area contributed by atoms with E-state index in [2.05, 4.69) is 22.1 Å². The third-order valence-corrected chi connectivity index (χ3v) is 5.70. The second-order valence-corrected chi connectivity index (χ2v) is 8.05. The first-order valence-corrected chi connectivity index (χ1v) is 10.7. The molecule has 0 unspecified atom stereocenters. The second-order valence-electron chi connectivity index (χ2n) is 8.05. The zero-order valence-corrected chi connectivity index (χ0v) is 18.7. The monoisotopic (exact) mass is 447 g/mol. The molecule has 0 aliphatic heterocycles. The van der Waals surface area contributed by atoms with Crippen LogP contribution in [0.3, 0.4) is 0 Å². The lowest BCUT2D eigenvalue weighted by atomic mass is 9.98. The summed E-state index contributed by atoms with van der Waals surface area (Å²) in [5, 5.41) is 12.0. The van der Waals surface area contributed by atoms with Crippen LogP contribution in [0.25, 0.3) is 39.3 Å². The molecule has 0 bridgehead atoms. The van der Waals surface area contributed by atoms with Crippen molar-refractivity contribution in [1.82, 2.24) is 20.2 Å². The highest BCUT2D eigenvalue weighted by Gasteiger charge is 2.18. The average Bonchev–Trinajstić information content (AvgIpc) is 3.31. The van der Waals surface area contributed by atoms with E-state index < -0.39 is 0 Å². The zero-order chi connectivity index (χ0) is 23.8. The molecule has 2 aromatic heterocycles. The van der Waals surface area contributed by atoms with Crippen molar-refractivity contribution in [3.63, 3.8) is 0 Å². The summed E-state index contributed by atoms with van der Waals surface area (Å²) in [7, 11) is 0. The van der Waals surface area contributed by atoms with Gasteiger partial charge in [0.25, 0.3) is 0 Å². The Hall–Kier alpha value is -4.65. The lowest BCUT2D eigenvalue weighted by molar-refractivity contribution is 0.0981. The van der Waals surface area contributed by atoms with Crippen molar-refractivity contribution in [2.75, 3.05) is 5.32 Å². The van der Waals surface area contributed by atoms with Crippen molar-refractivity contribution in [2.24, 2.45) is 0 Å². The maximum Gasteiger partial charge on any atom is 0.162 e. The summed E-state index contributed by atoms with van der Waals surface area (Å²) in [5.74, 6) is 0.651. The minimum atomic E-state index is -0.193. The Morgan fingerprint density at radius 3 is 2.38 bits per heavy atom. The Balaban J connectivity index is 1.73. The molecule has 34 heavy (non-hydrogen) atoms. The number of aromatic amines is 1. The summed E-state index contributed by atoms with van der Waals surface area (Å²) in [5.41, 5.74) is 4.80. The number of rotatable bonds is 6. The van der Waals surface area contributed by atoms with Crippen LogP contribution in [0, 0.1) is 0 Å². The van der Waals surface area contributed by atoms with E-state index in [9.17, 15) is 9.59 Å². The van der Waals surface area contributed by atoms with E-state index in [0.717, 1.165) is 27.7 Å². The van der Waals surface area contributed by atoms with Gasteiger partial charge in [-0.3, -0.25) is 14.7 Å². The summed E-state index contributed by atoms with van der Waals surface area (Å²) in [6.07, 6.45) is 3.52. The molecule has 0 fully saturated rings. The molecule has 7 heteroatoms. The first-order chi connectivity index (χ1) is 16.4. The van der Waals surface area contributed by atoms with E-state index in [-0.39, 0.29) is 11.6 Å². The van der Waals surface area contributed by atoms with Crippen LogP contribution in [-0.4, -0.2) is 31.7 Å². The maximum atomic E-state index is 12.3. The van der Waals surface area contributed by atoms with E-state index in [4.69, 9.17) is 9.97 Å². The largest absolute Gasteiger partial charge is 0.340 e. The summed E-state index contributed by atoms with van der Waals surface area (Å²) in [6, 6.07) is 16.9. The number of carbonyl (C=O) groups is 2. The quantitative estimate of drug-likeness (QED) is 0.311. The molecule has 3 aromatic carbocycles. The molecule has 0 saturated heterocycles. The van der Waals surface area contributed by atoms with Gasteiger partial charge in [0.2, 0.25) is 0 Å². The minimum Gasteiger partial charge on any atom is -0.340 e. The van der Waals surface area contributed by atoms with Gasteiger partial charge in [-0.25, -0.2) is 9.97 Å². The van der Waals surface area contributed by atoms with Gasteiger partial charge in [-0.1, -0.05) is 36.9 Å². The molecule has 2 heterocycles. The first kappa shape index (κ1) is 21.2. The zero-order valence-electron chi connectivity index (χ0n) is 18.7. The summed E-state index contributed by atoms with van der Waals surface area (Å²) in [4.78, 5) is 34.1. The lowest BCUT2D eigenvalue weighted by Gasteiger charge is -2.14. The summed E-state index contributed by atoms with van der Waals surface area (Å²) < 4.78 is 0. The third kappa shape index (κ3) is 3.84. The number of fused-ring (bicyclic) bond motifs is 2. The number of aromatic nitrogens is 4. The van der Waals surface area contributed by atoms with Gasteiger partial charge in [0.1, 0.15) is 5.82 Å². The fraction of sp³-hybridized carbons (Fsp3) is 0.0741. The predicted octanol–water partition coefficient (Wildman–Crippen LogP) is 5.96. The van der Waals surface area contributed by atoms with Crippen molar-refractivity contribution < 1.29 is 9.59 Å². The lowest BCUT2D eigenvalue weighted by Crippen LogP contribution is -2.07. The molecule has 2 N–H and O–H groups in total. The van der Waals surface area contributed by atoms with Crippen LogP contribution in [0.5, 0.6) is 0 Å². The minimum absolute atomic E-state index is 0.192. The fourth-order valence-electron chi connectivity index (χ4n) is 3.91. The van der Waals surface area contributed by atoms with E-state index in [1.165, 1.54) is 13.8 Å². The maximum absolute atomic E-state index is 12.3. The number of hydrogen-bond acceptors (Lipinski definition) is 6. The van der Waals surface area contributed by atoms with Gasteiger partial charge < -0.3 is 5.32 Å². The van der Waals surface area contributed by atoms with Crippen LogP contribution in [0.2, 0.25) is 0 Å². The molecule has 0 aliphatic rings. The second kappa shape index (κ2) is 8.37. The van der Waals surface area contributed by atoms with Crippen molar-refractivity contribution >= 4 is 51.0 Å². The van der Waals surface area contributed by atoms with E-state index in [0.29, 0.717) is 33.7 Å². The highest BCUT2D eigenvalue weighted by Crippen LogP contribution is 2.31. The Morgan fingerprint density at radius 2 is 1.68 bits per heavy atom. The molecule has 0 saturated carbocycles. The molecule has 0 radical (unpaired) electrons. The van der Waals surface area contributed by atoms with Crippen LogP contribution < -0.4 is 5.32 Å². The van der Waals surface area contributed by atoms with Gasteiger partial charge in [0.15, 0.2) is 17.4 Å². The molecule has 0 aliphatic carbocycles. The van der Waals surface area contributed by atoms with Crippen LogP contribution in [0.15, 0.2) is 67.4 Å². The van der Waals surface area contributed by atoms with Gasteiger partial charge >= 0.3 is 0 Å². The summed E-state index contributed by atoms with van der Waals surface area (Å²) in [6.45, 7) is 6.69. The normalized spacial score (nSPS) is 11.0. The molecule has 7 nitrogen and oxygen atoms in total. The highest BCUT2D eigenvalue weighted by atomic mass is 16.1. The van der Waals surface area contributed by atoms with Crippen LogP contribution in [0.1, 0.15) is 40.1 Å². The van der Waals surface area contributed by atoms with E-state index in [1.54, 1.807) is 24.4 Å². The number of hydrogen-bond donors (Lipinski definition) is 2. The van der Waals surface area contributed by atoms with Crippen LogP contribution >= 0.6 is 0 Å². The van der Waals surface area contributed by atoms with Gasteiger partial charge in [-0.2, -0.15) is 5.10 Å². The number of nitrogens with zero attached hydrogens (tertiary/aromatic N) is 3. The fourth-order valence-corrected chi connectivity index (χ4v) is 3.91. The molecular formula is C27H21N5O2. The van der Waals surface area contributed by atoms with Gasteiger partial charge in [0, 0.05) is 33.2 Å². The molecule has 0 spiro atoms. The number of anilines is 2. The van der Waals surface area contributed by atoms with Gasteiger partial charge in [-0.15, -0.1) is 0 Å². The number of benzene rings is 3. The van der Waals surface area contributed by atoms with E-state index >= 15 is 0 Å². The van der Waals surface area contributed by atoms with Crippen molar-refractivity contribution in [2.45, 2.75) is 13.8 Å². The molecule has 0 atom stereocenters. The van der Waals surface area contributed by atoms with Crippen LogP contribution in [-0.2, 0) is 0 Å². The van der Waals surface area contributed by atoms with Crippen molar-refractivity contribution in [1.29, 1.82) is 0 Å². The van der Waals surface area contributed by atoms with E-state index in [1.807, 2.05) is 42.5 Å². The topological polar surface area (TPSA) is 101 Å². The molecular weight excluding hydrogens is 426 g/mol. The Labute approximate surface area is 195 Å². The molecule has 5 rings (SSSR count). The SMILES string of the molecule is C=Cc1ccc(-c2nc(Nc3ccc4[nH]ncc4c3)c3cc(C(C)=O)c(C(C)=O)cc3n2)cc1. The highest BCUT2D eigenvalue weighted by molar-refractivity contribution is 6.11. The Bertz CT molecular complexity index is 1600. The standard InChI is InChI=1S/C27H21N5O2/c1-4-17-5-7-18(8-6-17)26-30-25-13-22(16(3)34)21(15(2)33)12-23(25)27(31-26)29-20-9-10-24-19(11-20)14-28-32-24/h4-14H,1H2,2-3H3,(H,28,32)(H,29,30,31). The molecule has 166 valence electrons. The van der Waals surface area contributed by atoms with Crippen molar-refractivity contribution in [3.8, 4) is 11.4 Å². The number of carbonyl (C=O) groups excluding carboxylic acids is 2. The smallest absolute Gasteiger partial charge is 0.162 e. The summed E-state index contributed by atoms with van der Waals surface area (Å²) >= 11 is 0. The average molecular weight is 447 g/mol. The number of Topliss-reactive ketones (excluding diaryl/α,β-unsaturated/α-hetero) is 2. The molecule has 0 amide bonds. The van der Waals surface area contributed by atoms with Crippen molar-refractivity contribution in [3.05, 3.63) is 84.1 Å². The first-order valence-electron chi connectivity index (χ1n) is 10.7. The third-order valence-electron chi connectivity index (χ3n) is 5.70. The predicted molar refractivity (Wildman–Crippen MR) is 134 cm³/mol. The number of H-pyrrole nitrogens is 1. The molecule has 5 aromatic rings. The van der Waals surface area contributed by atoms with Gasteiger partial charge in [0.05, 0.1) is 17.2 Å². The van der Waals surface area contributed by atoms with Gasteiger partial charge in [-0.05, 0) is 49.7 Å². The van der Waals surface area contributed by atoms with Crippen LogP contribution in [0.4, 0.5) is 11.5 Å². The Morgan fingerprint density at radius 1 is 0.941 bits per heavy atom. The number of ketones is 2. The Kier molecular flexibility index (Phi) is 5.22. The number of nitrogens with one attached hydrogen (secondary N) is 2.